The van der Waals surface area contributed by atoms with Gasteiger partial charge in [0.1, 0.15) is 11.6 Å². The highest BCUT2D eigenvalue weighted by Gasteiger charge is 2.33. The van der Waals surface area contributed by atoms with Crippen molar-refractivity contribution < 1.29 is 45.4 Å². The Morgan fingerprint density at radius 2 is 1.08 bits per heavy atom. The number of hydrogen-bond donors (Lipinski definition) is 0. The standard InChI is InChI=1S/C55H49F6N15O8/c1-4-19-73-48(77)41-46(71(5-2)52(73)81)68-45(76(41)32-84-51(80)43-63-15-9-16-64-43)38-26-66-70(30-38)28-35-21-33(22-40(24-35)55(59,60)61)11-8-20-74-49(78)42-47(72(6-3)53(74)82)67-44(75(42)31-83-50(79)36-13-17-62-18-14-36)37-25-65-69(29-37)27-34-10-7-12-39(23-34)54(56,57)58/h7,9-10,12-18,21-26,29-30H,4-6,8,11,19-20,27-28,31-32H2,1-3H3. The van der Waals surface area contributed by atoms with Gasteiger partial charge in [-0.05, 0) is 92.3 Å². The van der Waals surface area contributed by atoms with Gasteiger partial charge >= 0.3 is 35.7 Å². The second-order valence-electron chi connectivity index (χ2n) is 19.2. The van der Waals surface area contributed by atoms with Gasteiger partial charge in [0.25, 0.3) is 11.1 Å². The van der Waals surface area contributed by atoms with Crippen molar-refractivity contribution in [2.24, 2.45) is 0 Å². The number of alkyl halides is 6. The summed E-state index contributed by atoms with van der Waals surface area (Å²) in [5.74, 6) is -1.94. The number of aryl methyl sites for hydroxylation is 3. The molecule has 10 aromatic rings. The molecule has 0 atom stereocenters. The minimum absolute atomic E-state index is 0.00761. The van der Waals surface area contributed by atoms with E-state index in [0.717, 1.165) is 33.4 Å². The number of carbonyl (C=O) groups excluding carboxylic acids is 2. The lowest BCUT2D eigenvalue weighted by Crippen LogP contribution is -2.40. The Hall–Kier alpha value is -10.1. The molecule has 434 valence electrons. The Labute approximate surface area is 469 Å². The molecule has 0 N–H and O–H groups in total. The normalized spacial score (nSPS) is 12.0. The lowest BCUT2D eigenvalue weighted by atomic mass is 10.0. The van der Waals surface area contributed by atoms with E-state index in [1.54, 1.807) is 20.8 Å². The van der Waals surface area contributed by atoms with Gasteiger partial charge in [0, 0.05) is 63.4 Å². The minimum Gasteiger partial charge on any atom is -0.440 e. The molecule has 0 spiro atoms. The van der Waals surface area contributed by atoms with Gasteiger partial charge in [-0.25, -0.2) is 39.1 Å². The molecule has 0 amide bonds. The molecule has 2 aromatic carbocycles. The molecule has 0 radical (unpaired) electrons. The first kappa shape index (κ1) is 57.2. The van der Waals surface area contributed by atoms with Gasteiger partial charge in [0.05, 0.1) is 53.3 Å². The van der Waals surface area contributed by atoms with Crippen LogP contribution in [0.2, 0.25) is 0 Å². The van der Waals surface area contributed by atoms with Crippen molar-refractivity contribution in [3.05, 3.63) is 191 Å². The summed E-state index contributed by atoms with van der Waals surface area (Å²) in [4.78, 5) is 104. The number of pyridine rings is 1. The van der Waals surface area contributed by atoms with Crippen molar-refractivity contribution in [3.63, 3.8) is 0 Å². The van der Waals surface area contributed by atoms with Crippen molar-refractivity contribution in [1.82, 2.24) is 71.9 Å². The van der Waals surface area contributed by atoms with Crippen LogP contribution in [0.5, 0.6) is 0 Å². The summed E-state index contributed by atoms with van der Waals surface area (Å²) in [7, 11) is 0. The molecule has 0 bridgehead atoms. The number of esters is 2. The topological polar surface area (TPSA) is 251 Å². The van der Waals surface area contributed by atoms with E-state index in [-0.39, 0.29) is 125 Å². The van der Waals surface area contributed by atoms with Crippen LogP contribution in [0.4, 0.5) is 26.3 Å². The Balaban J connectivity index is 0.951. The molecule has 0 aliphatic carbocycles. The predicted molar refractivity (Wildman–Crippen MR) is 287 cm³/mol. The van der Waals surface area contributed by atoms with Crippen molar-refractivity contribution >= 4 is 34.3 Å². The average molecular weight is 1160 g/mol. The van der Waals surface area contributed by atoms with Crippen LogP contribution in [0.15, 0.2) is 129 Å². The molecule has 0 fully saturated rings. The van der Waals surface area contributed by atoms with E-state index in [1.807, 2.05) is 0 Å². The molecule has 29 heteroatoms. The fourth-order valence-electron chi connectivity index (χ4n) is 9.70. The maximum atomic E-state index is 14.7. The molecular formula is C55H49F6N15O8. The first-order valence-electron chi connectivity index (χ1n) is 26.2. The number of fused-ring (bicyclic) bond motifs is 2. The zero-order valence-corrected chi connectivity index (χ0v) is 44.9. The van der Waals surface area contributed by atoms with E-state index in [1.165, 1.54) is 114 Å². The molecule has 8 heterocycles. The van der Waals surface area contributed by atoms with Crippen LogP contribution in [0, 0.1) is 0 Å². The number of nitrogens with zero attached hydrogens (tertiary/aromatic N) is 15. The molecule has 84 heavy (non-hydrogen) atoms. The van der Waals surface area contributed by atoms with E-state index >= 15 is 0 Å². The minimum atomic E-state index is -4.81. The maximum absolute atomic E-state index is 14.7. The average Bonchev–Trinajstić information content (AvgIpc) is 1.87. The SMILES string of the molecule is CCCn1c(=O)c2c(nc(-c3cnn(Cc4cc(CCCn5c(=O)c6c(nc(-c7cnn(Cc8cccc(C(F)(F)F)c8)c7)n6COC(=O)c6ccncc6)n(CC)c5=O)cc(C(F)(F)F)c4)c3)n2COC(=O)c2ncccn2)n(CC)c1=O. The Morgan fingerprint density at radius 3 is 1.63 bits per heavy atom. The van der Waals surface area contributed by atoms with Gasteiger partial charge in [-0.2, -0.15) is 36.5 Å². The van der Waals surface area contributed by atoms with Crippen LogP contribution in [0.25, 0.3) is 45.1 Å². The van der Waals surface area contributed by atoms with Crippen molar-refractivity contribution in [2.45, 2.75) is 105 Å². The fourth-order valence-corrected chi connectivity index (χ4v) is 9.70. The van der Waals surface area contributed by atoms with Gasteiger partial charge in [0.15, 0.2) is 35.8 Å². The van der Waals surface area contributed by atoms with Crippen LogP contribution < -0.4 is 22.5 Å². The molecule has 0 aliphatic rings. The van der Waals surface area contributed by atoms with E-state index in [4.69, 9.17) is 9.47 Å². The second kappa shape index (κ2) is 23.4. The third kappa shape index (κ3) is 11.6. The Kier molecular flexibility index (Phi) is 15.9. The lowest BCUT2D eigenvalue weighted by molar-refractivity contribution is -0.138. The van der Waals surface area contributed by atoms with Crippen LogP contribution in [-0.4, -0.2) is 83.8 Å². The number of rotatable bonds is 20. The summed E-state index contributed by atoms with van der Waals surface area (Å²) >= 11 is 0. The molecule has 23 nitrogen and oxygen atoms in total. The maximum Gasteiger partial charge on any atom is 0.416 e. The third-order valence-electron chi connectivity index (χ3n) is 13.6. The molecule has 0 unspecified atom stereocenters. The van der Waals surface area contributed by atoms with E-state index in [9.17, 15) is 55.1 Å². The van der Waals surface area contributed by atoms with Gasteiger partial charge in [-0.15, -0.1) is 0 Å². The van der Waals surface area contributed by atoms with Crippen LogP contribution in [0.1, 0.15) is 82.4 Å². The van der Waals surface area contributed by atoms with Crippen molar-refractivity contribution in [1.29, 1.82) is 0 Å². The molecule has 0 saturated carbocycles. The Bertz CT molecular complexity index is 4360. The lowest BCUT2D eigenvalue weighted by Gasteiger charge is -2.14. The first-order valence-corrected chi connectivity index (χ1v) is 26.2. The molecule has 0 aliphatic heterocycles. The smallest absolute Gasteiger partial charge is 0.416 e. The quantitative estimate of drug-likeness (QED) is 0.0563. The highest BCUT2D eigenvalue weighted by molar-refractivity contribution is 5.89. The summed E-state index contributed by atoms with van der Waals surface area (Å²) in [5, 5.41) is 8.72. The summed E-state index contributed by atoms with van der Waals surface area (Å²) in [6.45, 7) is 3.47. The monoisotopic (exact) mass is 1160 g/mol. The summed E-state index contributed by atoms with van der Waals surface area (Å²) in [5.41, 5.74) is -3.91. The molecule has 0 saturated heterocycles. The number of benzene rings is 2. The number of ether oxygens (including phenoxy) is 2. The number of halogens is 6. The van der Waals surface area contributed by atoms with Crippen LogP contribution >= 0.6 is 0 Å². The van der Waals surface area contributed by atoms with Crippen LogP contribution in [-0.2, 0) is 81.0 Å². The summed E-state index contributed by atoms with van der Waals surface area (Å²) in [6, 6.07) is 12.4. The number of hydrogen-bond acceptors (Lipinski definition) is 15. The van der Waals surface area contributed by atoms with E-state index in [2.05, 4.69) is 35.1 Å². The zero-order valence-electron chi connectivity index (χ0n) is 44.9. The largest absolute Gasteiger partial charge is 0.440 e. The highest BCUT2D eigenvalue weighted by Crippen LogP contribution is 2.33. The van der Waals surface area contributed by atoms with Crippen LogP contribution in [0.3, 0.4) is 0 Å². The fraction of sp³-hybridized carbons (Fsp3) is 0.291. The number of imidazole rings is 2. The summed E-state index contributed by atoms with van der Waals surface area (Å²) in [6.07, 6.45) is 1.99. The third-order valence-corrected chi connectivity index (χ3v) is 13.6. The first-order chi connectivity index (χ1) is 40.3. The number of carbonyl (C=O) groups is 2. The van der Waals surface area contributed by atoms with Gasteiger partial charge in [-0.3, -0.25) is 51.3 Å². The highest BCUT2D eigenvalue weighted by atomic mass is 19.4. The van der Waals surface area contributed by atoms with Crippen molar-refractivity contribution in [3.8, 4) is 22.8 Å². The zero-order chi connectivity index (χ0) is 59.6. The molecule has 8 aromatic heterocycles. The van der Waals surface area contributed by atoms with Gasteiger partial charge in [0.2, 0.25) is 5.82 Å². The van der Waals surface area contributed by atoms with E-state index < -0.39 is 71.4 Å². The number of aromatic nitrogens is 15. The predicted octanol–water partition coefficient (Wildman–Crippen LogP) is 6.79. The molecular weight excluding hydrogens is 1110 g/mol. The van der Waals surface area contributed by atoms with Gasteiger partial charge in [-0.1, -0.05) is 25.1 Å². The van der Waals surface area contributed by atoms with Gasteiger partial charge < -0.3 is 9.47 Å². The second-order valence-corrected chi connectivity index (χ2v) is 19.2. The van der Waals surface area contributed by atoms with E-state index in [0.29, 0.717) is 6.42 Å². The van der Waals surface area contributed by atoms with Crippen molar-refractivity contribution in [2.75, 3.05) is 0 Å². The summed E-state index contributed by atoms with van der Waals surface area (Å²) < 4.78 is 105. The Morgan fingerprint density at radius 1 is 0.560 bits per heavy atom. The molecule has 10 rings (SSSR count).